The number of ketones is 1. The minimum absolute atomic E-state index is 0.0743. The summed E-state index contributed by atoms with van der Waals surface area (Å²) in [5.41, 5.74) is 3.30. The van der Waals surface area contributed by atoms with Crippen LogP contribution in [0.5, 0.6) is 11.5 Å². The number of benzene rings is 3. The molecule has 0 spiro atoms. The lowest BCUT2D eigenvalue weighted by molar-refractivity contribution is 0.104. The van der Waals surface area contributed by atoms with Gasteiger partial charge in [-0.15, -0.1) is 0 Å². The van der Waals surface area contributed by atoms with Crippen LogP contribution in [0.1, 0.15) is 21.5 Å². The molecule has 0 aliphatic rings. The molecule has 3 aromatic carbocycles. The number of rotatable bonds is 8. The Hall–Kier alpha value is -3.83. The first-order valence-corrected chi connectivity index (χ1v) is 10.4. The van der Waals surface area contributed by atoms with Crippen molar-refractivity contribution >= 4 is 23.5 Å². The molecule has 0 aliphatic heterocycles. The van der Waals surface area contributed by atoms with E-state index in [1.54, 1.807) is 56.1 Å². The summed E-state index contributed by atoms with van der Waals surface area (Å²) in [6, 6.07) is 20.3. The molecule has 4 aromatic rings. The normalized spacial score (nSPS) is 10.9. The van der Waals surface area contributed by atoms with Gasteiger partial charge in [0.25, 0.3) is 0 Å². The molecule has 0 N–H and O–H groups in total. The van der Waals surface area contributed by atoms with Crippen molar-refractivity contribution < 1.29 is 14.3 Å². The molecular formula is C26H21ClN2O3. The minimum atomic E-state index is -0.0743. The van der Waals surface area contributed by atoms with Gasteiger partial charge in [0.05, 0.1) is 13.4 Å². The van der Waals surface area contributed by atoms with E-state index in [0.717, 1.165) is 16.8 Å². The van der Waals surface area contributed by atoms with Crippen LogP contribution in [-0.4, -0.2) is 22.4 Å². The third kappa shape index (κ3) is 5.25. The number of hydrogen-bond acceptors (Lipinski definition) is 4. The second-order valence-electron chi connectivity index (χ2n) is 7.03. The summed E-state index contributed by atoms with van der Waals surface area (Å²) in [4.78, 5) is 16.6. The Kier molecular flexibility index (Phi) is 6.68. The van der Waals surface area contributed by atoms with Gasteiger partial charge in [0.1, 0.15) is 18.1 Å². The van der Waals surface area contributed by atoms with Crippen LogP contribution in [0, 0.1) is 0 Å². The Labute approximate surface area is 191 Å². The molecule has 6 heteroatoms. The highest BCUT2D eigenvalue weighted by atomic mass is 35.5. The molecule has 32 heavy (non-hydrogen) atoms. The van der Waals surface area contributed by atoms with Gasteiger partial charge >= 0.3 is 0 Å². The van der Waals surface area contributed by atoms with Crippen molar-refractivity contribution in [2.75, 3.05) is 7.11 Å². The van der Waals surface area contributed by atoms with Crippen LogP contribution >= 0.6 is 11.6 Å². The van der Waals surface area contributed by atoms with Gasteiger partial charge in [-0.25, -0.2) is 4.98 Å². The minimum Gasteiger partial charge on any atom is -0.496 e. The molecule has 160 valence electrons. The van der Waals surface area contributed by atoms with E-state index in [9.17, 15) is 4.79 Å². The molecule has 5 nitrogen and oxygen atoms in total. The summed E-state index contributed by atoms with van der Waals surface area (Å²) >= 11 is 6.02. The topological polar surface area (TPSA) is 53.4 Å². The third-order valence-corrected chi connectivity index (χ3v) is 5.11. The second-order valence-corrected chi connectivity index (χ2v) is 7.47. The fraction of sp³-hybridized carbons (Fsp3) is 0.0769. The number of carbonyl (C=O) groups is 1. The zero-order valence-corrected chi connectivity index (χ0v) is 18.2. The molecule has 0 radical (unpaired) electrons. The van der Waals surface area contributed by atoms with Gasteiger partial charge in [0.2, 0.25) is 0 Å². The van der Waals surface area contributed by atoms with Gasteiger partial charge in [0.15, 0.2) is 5.78 Å². The molecule has 0 amide bonds. The molecular weight excluding hydrogens is 424 g/mol. The molecule has 0 fully saturated rings. The Morgan fingerprint density at radius 1 is 1.09 bits per heavy atom. The van der Waals surface area contributed by atoms with E-state index in [1.165, 1.54) is 0 Å². The molecule has 0 saturated heterocycles. The van der Waals surface area contributed by atoms with E-state index in [4.69, 9.17) is 21.1 Å². The van der Waals surface area contributed by atoms with Crippen LogP contribution in [0.25, 0.3) is 11.8 Å². The van der Waals surface area contributed by atoms with Gasteiger partial charge in [-0.05, 0) is 66.2 Å². The van der Waals surface area contributed by atoms with Gasteiger partial charge in [-0.2, -0.15) is 0 Å². The van der Waals surface area contributed by atoms with Crippen LogP contribution in [-0.2, 0) is 6.61 Å². The predicted octanol–water partition coefficient (Wildman–Crippen LogP) is 6.01. The molecule has 0 bridgehead atoms. The van der Waals surface area contributed by atoms with Crippen LogP contribution in [0.4, 0.5) is 0 Å². The smallest absolute Gasteiger partial charge is 0.185 e. The van der Waals surface area contributed by atoms with Crippen LogP contribution in [0.3, 0.4) is 0 Å². The Morgan fingerprint density at radius 3 is 2.66 bits per heavy atom. The first kappa shape index (κ1) is 21.4. The summed E-state index contributed by atoms with van der Waals surface area (Å²) in [7, 11) is 1.62. The SMILES string of the molecule is COc1ccc(/C=C/C(=O)c2ccc(-n3ccnc3)cc2)cc1COc1cccc(Cl)c1. The highest BCUT2D eigenvalue weighted by Gasteiger charge is 2.07. The lowest BCUT2D eigenvalue weighted by Crippen LogP contribution is -1.99. The molecule has 0 unspecified atom stereocenters. The maximum atomic E-state index is 12.6. The molecule has 4 rings (SSSR count). The number of nitrogens with zero attached hydrogens (tertiary/aromatic N) is 2. The van der Waals surface area contributed by atoms with E-state index in [1.807, 2.05) is 53.2 Å². The fourth-order valence-corrected chi connectivity index (χ4v) is 3.39. The molecule has 1 aromatic heterocycles. The highest BCUT2D eigenvalue weighted by Crippen LogP contribution is 2.24. The lowest BCUT2D eigenvalue weighted by atomic mass is 10.1. The standard InChI is InChI=1S/C26H21ClN2O3/c1-31-26-12-6-19(15-21(26)17-32-24-4-2-3-22(27)16-24)5-11-25(30)20-7-9-23(10-8-20)29-14-13-28-18-29/h2-16,18H,17H2,1H3/b11-5+. The van der Waals surface area contributed by atoms with Gasteiger partial charge in [-0.3, -0.25) is 4.79 Å². The Balaban J connectivity index is 1.46. The first-order valence-electron chi connectivity index (χ1n) is 9.98. The van der Waals surface area contributed by atoms with E-state index >= 15 is 0 Å². The highest BCUT2D eigenvalue weighted by molar-refractivity contribution is 6.30. The summed E-state index contributed by atoms with van der Waals surface area (Å²) in [5, 5.41) is 0.614. The Bertz CT molecular complexity index is 1230. The van der Waals surface area contributed by atoms with E-state index < -0.39 is 0 Å². The first-order chi connectivity index (χ1) is 15.6. The van der Waals surface area contributed by atoms with Crippen molar-refractivity contribution in [3.63, 3.8) is 0 Å². The molecule has 0 aliphatic carbocycles. The van der Waals surface area contributed by atoms with E-state index in [-0.39, 0.29) is 5.78 Å². The number of hydrogen-bond donors (Lipinski definition) is 0. The average Bonchev–Trinajstić information content (AvgIpc) is 3.36. The zero-order valence-electron chi connectivity index (χ0n) is 17.4. The van der Waals surface area contributed by atoms with Crippen molar-refractivity contribution in [1.29, 1.82) is 0 Å². The number of allylic oxidation sites excluding steroid dienone is 1. The second kappa shape index (κ2) is 9.98. The number of imidazole rings is 1. The van der Waals surface area contributed by atoms with Crippen molar-refractivity contribution in [3.8, 4) is 17.2 Å². The van der Waals surface area contributed by atoms with Crippen molar-refractivity contribution in [3.05, 3.63) is 113 Å². The van der Waals surface area contributed by atoms with Crippen molar-refractivity contribution in [1.82, 2.24) is 9.55 Å². The number of carbonyl (C=O) groups excluding carboxylic acids is 1. The number of aromatic nitrogens is 2. The van der Waals surface area contributed by atoms with Gasteiger partial charge in [0, 0.05) is 34.2 Å². The molecule has 1 heterocycles. The van der Waals surface area contributed by atoms with Crippen molar-refractivity contribution in [2.24, 2.45) is 0 Å². The summed E-state index contributed by atoms with van der Waals surface area (Å²) < 4.78 is 13.2. The Morgan fingerprint density at radius 2 is 1.94 bits per heavy atom. The lowest BCUT2D eigenvalue weighted by Gasteiger charge is -2.11. The summed E-state index contributed by atoms with van der Waals surface area (Å²) in [6.07, 6.45) is 8.64. The zero-order chi connectivity index (χ0) is 22.3. The van der Waals surface area contributed by atoms with Crippen molar-refractivity contribution in [2.45, 2.75) is 6.61 Å². The van der Waals surface area contributed by atoms with Crippen LogP contribution in [0.15, 0.2) is 91.5 Å². The van der Waals surface area contributed by atoms with Gasteiger partial charge < -0.3 is 14.0 Å². The number of ether oxygens (including phenoxy) is 2. The monoisotopic (exact) mass is 444 g/mol. The van der Waals surface area contributed by atoms with E-state index in [0.29, 0.717) is 28.7 Å². The summed E-state index contributed by atoms with van der Waals surface area (Å²) in [6.45, 7) is 0.314. The number of halogens is 1. The maximum Gasteiger partial charge on any atom is 0.185 e. The largest absolute Gasteiger partial charge is 0.496 e. The molecule has 0 atom stereocenters. The fourth-order valence-electron chi connectivity index (χ4n) is 3.21. The molecule has 0 saturated carbocycles. The maximum absolute atomic E-state index is 12.6. The third-order valence-electron chi connectivity index (χ3n) is 4.88. The number of methoxy groups -OCH3 is 1. The van der Waals surface area contributed by atoms with Gasteiger partial charge in [-0.1, -0.05) is 29.8 Å². The van der Waals surface area contributed by atoms with Crippen LogP contribution < -0.4 is 9.47 Å². The van der Waals surface area contributed by atoms with E-state index in [2.05, 4.69) is 4.98 Å². The predicted molar refractivity (Wildman–Crippen MR) is 126 cm³/mol. The quantitative estimate of drug-likeness (QED) is 0.247. The average molecular weight is 445 g/mol. The summed E-state index contributed by atoms with van der Waals surface area (Å²) in [5.74, 6) is 1.31. The van der Waals surface area contributed by atoms with Crippen LogP contribution in [0.2, 0.25) is 5.02 Å².